The monoisotopic (exact) mass is 352 g/mol. The van der Waals surface area contributed by atoms with Gasteiger partial charge in [0, 0.05) is 46.2 Å². The van der Waals surface area contributed by atoms with Gasteiger partial charge in [-0.2, -0.15) is 0 Å². The minimum Gasteiger partial charge on any atom is -0.334 e. The fraction of sp³-hybridized carbons (Fsp3) is 0.316. The molecule has 5 nitrogen and oxygen atoms in total. The van der Waals surface area contributed by atoms with Gasteiger partial charge in [-0.1, -0.05) is 18.2 Å². The average molecular weight is 352 g/mol. The lowest BCUT2D eigenvalue weighted by Gasteiger charge is -2.38. The van der Waals surface area contributed by atoms with Crippen LogP contribution in [0.1, 0.15) is 24.3 Å². The summed E-state index contributed by atoms with van der Waals surface area (Å²) in [6.07, 6.45) is 0. The Balaban J connectivity index is 1.59. The summed E-state index contributed by atoms with van der Waals surface area (Å²) in [6, 6.07) is 11.9. The summed E-state index contributed by atoms with van der Waals surface area (Å²) in [5, 5.41) is 15.2. The summed E-state index contributed by atoms with van der Waals surface area (Å²) in [5.41, 5.74) is 2.20. The van der Waals surface area contributed by atoms with Crippen LogP contribution >= 0.6 is 11.3 Å². The average Bonchev–Trinajstić information content (AvgIpc) is 3.04. The summed E-state index contributed by atoms with van der Waals surface area (Å²) in [6.45, 7) is 6.36. The third-order valence-corrected chi connectivity index (χ3v) is 5.46. The SMILES string of the molecule is CC1(C)CN(C(=O)c2ccc(-c3csc4ccccc34)nn2)CCN1. The lowest BCUT2D eigenvalue weighted by molar-refractivity contribution is 0.0645. The topological polar surface area (TPSA) is 58.1 Å². The first-order chi connectivity index (χ1) is 12.0. The lowest BCUT2D eigenvalue weighted by Crippen LogP contribution is -2.58. The van der Waals surface area contributed by atoms with Gasteiger partial charge in [0.2, 0.25) is 0 Å². The molecule has 0 radical (unpaired) electrons. The van der Waals surface area contributed by atoms with Crippen molar-refractivity contribution in [1.29, 1.82) is 0 Å². The highest BCUT2D eigenvalue weighted by Crippen LogP contribution is 2.32. The van der Waals surface area contributed by atoms with Crippen molar-refractivity contribution < 1.29 is 4.79 Å². The number of thiophene rings is 1. The van der Waals surface area contributed by atoms with E-state index < -0.39 is 0 Å². The van der Waals surface area contributed by atoms with Crippen molar-refractivity contribution in [1.82, 2.24) is 20.4 Å². The largest absolute Gasteiger partial charge is 0.334 e. The van der Waals surface area contributed by atoms with Gasteiger partial charge in [-0.05, 0) is 32.0 Å². The Labute approximate surface area is 150 Å². The van der Waals surface area contributed by atoms with E-state index in [4.69, 9.17) is 0 Å². The van der Waals surface area contributed by atoms with Gasteiger partial charge in [0.25, 0.3) is 5.91 Å². The summed E-state index contributed by atoms with van der Waals surface area (Å²) in [5.74, 6) is -0.0520. The molecule has 3 heterocycles. The molecule has 2 aromatic heterocycles. The number of hydrogen-bond donors (Lipinski definition) is 1. The summed E-state index contributed by atoms with van der Waals surface area (Å²) < 4.78 is 1.22. The quantitative estimate of drug-likeness (QED) is 0.770. The summed E-state index contributed by atoms with van der Waals surface area (Å²) in [7, 11) is 0. The van der Waals surface area contributed by atoms with Crippen LogP contribution in [0.2, 0.25) is 0 Å². The fourth-order valence-electron chi connectivity index (χ4n) is 3.24. The van der Waals surface area contributed by atoms with Crippen molar-refractivity contribution in [3.8, 4) is 11.3 Å². The number of nitrogens with one attached hydrogen (secondary N) is 1. The molecule has 1 amide bonds. The molecule has 0 unspecified atom stereocenters. The molecule has 0 bridgehead atoms. The smallest absolute Gasteiger partial charge is 0.274 e. The maximum absolute atomic E-state index is 12.7. The molecular formula is C19H20N4OS. The minimum absolute atomic E-state index is 0.0520. The second-order valence-corrected chi connectivity index (χ2v) is 7.90. The Morgan fingerprint density at radius 1 is 1.20 bits per heavy atom. The van der Waals surface area contributed by atoms with Gasteiger partial charge < -0.3 is 10.2 Å². The van der Waals surface area contributed by atoms with Crippen LogP contribution in [0, 0.1) is 0 Å². The number of hydrogen-bond acceptors (Lipinski definition) is 5. The Bertz CT molecular complexity index is 917. The summed E-state index contributed by atoms with van der Waals surface area (Å²) >= 11 is 1.69. The highest BCUT2D eigenvalue weighted by atomic mass is 32.1. The number of nitrogens with zero attached hydrogens (tertiary/aromatic N) is 3. The molecule has 1 fully saturated rings. The highest BCUT2D eigenvalue weighted by molar-refractivity contribution is 7.17. The molecule has 6 heteroatoms. The molecule has 0 saturated carbocycles. The van der Waals surface area contributed by atoms with Crippen LogP contribution < -0.4 is 5.32 Å². The predicted molar refractivity (Wildman–Crippen MR) is 101 cm³/mol. The summed E-state index contributed by atoms with van der Waals surface area (Å²) in [4.78, 5) is 14.5. The minimum atomic E-state index is -0.0725. The fourth-order valence-corrected chi connectivity index (χ4v) is 4.20. The maximum atomic E-state index is 12.7. The molecule has 1 N–H and O–H groups in total. The standard InChI is InChI=1S/C19H20N4OS/c1-19(2)12-23(10-9-20-19)18(24)16-8-7-15(21-22-16)14-11-25-17-6-4-3-5-13(14)17/h3-8,11,20H,9-10,12H2,1-2H3. The second-order valence-electron chi connectivity index (χ2n) is 6.99. The van der Waals surface area contributed by atoms with Gasteiger partial charge in [0.05, 0.1) is 5.69 Å². The van der Waals surface area contributed by atoms with Crippen LogP contribution in [-0.4, -0.2) is 46.2 Å². The van der Waals surface area contributed by atoms with E-state index in [0.717, 1.165) is 17.8 Å². The number of carbonyl (C=O) groups excluding carboxylic acids is 1. The Morgan fingerprint density at radius 2 is 2.04 bits per heavy atom. The van der Waals surface area contributed by atoms with Crippen LogP contribution in [-0.2, 0) is 0 Å². The molecule has 1 aliphatic rings. The van der Waals surface area contributed by atoms with Crippen molar-refractivity contribution in [2.75, 3.05) is 19.6 Å². The molecular weight excluding hydrogens is 332 g/mol. The Morgan fingerprint density at radius 3 is 2.80 bits per heavy atom. The number of piperazine rings is 1. The number of aromatic nitrogens is 2. The lowest BCUT2D eigenvalue weighted by atomic mass is 10.0. The zero-order valence-corrected chi connectivity index (χ0v) is 15.1. The Kier molecular flexibility index (Phi) is 4.01. The van der Waals surface area contributed by atoms with Gasteiger partial charge in [0.15, 0.2) is 5.69 Å². The Hall–Kier alpha value is -2.31. The molecule has 1 aliphatic heterocycles. The van der Waals surface area contributed by atoms with E-state index in [9.17, 15) is 4.79 Å². The number of amides is 1. The number of rotatable bonds is 2. The molecule has 128 valence electrons. The van der Waals surface area contributed by atoms with Crippen LogP contribution in [0.25, 0.3) is 21.3 Å². The third kappa shape index (κ3) is 3.15. The van der Waals surface area contributed by atoms with E-state index in [1.54, 1.807) is 17.4 Å². The van der Waals surface area contributed by atoms with E-state index >= 15 is 0 Å². The van der Waals surface area contributed by atoms with Gasteiger partial charge in [-0.3, -0.25) is 4.79 Å². The maximum Gasteiger partial charge on any atom is 0.274 e. The molecule has 4 rings (SSSR count). The van der Waals surface area contributed by atoms with Crippen LogP contribution in [0.4, 0.5) is 0 Å². The molecule has 0 spiro atoms. The van der Waals surface area contributed by atoms with Crippen molar-refractivity contribution in [3.05, 3.63) is 47.5 Å². The first-order valence-electron chi connectivity index (χ1n) is 8.38. The van der Waals surface area contributed by atoms with E-state index in [-0.39, 0.29) is 11.4 Å². The van der Waals surface area contributed by atoms with Gasteiger partial charge >= 0.3 is 0 Å². The van der Waals surface area contributed by atoms with Crippen LogP contribution in [0.5, 0.6) is 0 Å². The van der Waals surface area contributed by atoms with Crippen LogP contribution in [0.15, 0.2) is 41.8 Å². The normalized spacial score (nSPS) is 17.0. The highest BCUT2D eigenvalue weighted by Gasteiger charge is 2.29. The molecule has 1 aromatic carbocycles. The van der Waals surface area contributed by atoms with E-state index in [1.807, 2.05) is 23.1 Å². The van der Waals surface area contributed by atoms with E-state index in [2.05, 4.69) is 46.9 Å². The van der Waals surface area contributed by atoms with Crippen molar-refractivity contribution in [3.63, 3.8) is 0 Å². The predicted octanol–water partition coefficient (Wildman–Crippen LogP) is 3.18. The first kappa shape index (κ1) is 16.2. The number of carbonyl (C=O) groups is 1. The third-order valence-electron chi connectivity index (χ3n) is 4.50. The van der Waals surface area contributed by atoms with E-state index in [1.165, 1.54) is 10.1 Å². The second kappa shape index (κ2) is 6.20. The zero-order valence-electron chi connectivity index (χ0n) is 14.3. The van der Waals surface area contributed by atoms with E-state index in [0.29, 0.717) is 18.8 Å². The molecule has 0 atom stereocenters. The van der Waals surface area contributed by atoms with Crippen molar-refractivity contribution in [2.24, 2.45) is 0 Å². The molecule has 0 aliphatic carbocycles. The number of benzene rings is 1. The van der Waals surface area contributed by atoms with Gasteiger partial charge in [0.1, 0.15) is 0 Å². The van der Waals surface area contributed by atoms with Crippen LogP contribution in [0.3, 0.4) is 0 Å². The van der Waals surface area contributed by atoms with Crippen molar-refractivity contribution >= 4 is 27.3 Å². The molecule has 25 heavy (non-hydrogen) atoms. The van der Waals surface area contributed by atoms with Gasteiger partial charge in [-0.25, -0.2) is 0 Å². The number of fused-ring (bicyclic) bond motifs is 1. The molecule has 3 aromatic rings. The zero-order chi connectivity index (χ0) is 17.4. The first-order valence-corrected chi connectivity index (χ1v) is 9.26. The molecule has 1 saturated heterocycles. The van der Waals surface area contributed by atoms with Gasteiger partial charge in [-0.15, -0.1) is 21.5 Å². The van der Waals surface area contributed by atoms with Crippen molar-refractivity contribution in [2.45, 2.75) is 19.4 Å².